The molecule has 2 rings (SSSR count). The SMILES string of the molecule is CC1C(=O)OC(C)(C)C1(N)c1ccccc1. The fourth-order valence-electron chi connectivity index (χ4n) is 2.44. The number of carbonyl (C=O) groups excluding carboxylic acids is 1. The van der Waals surface area contributed by atoms with Gasteiger partial charge < -0.3 is 10.5 Å². The van der Waals surface area contributed by atoms with Crippen molar-refractivity contribution >= 4 is 5.97 Å². The number of esters is 1. The Labute approximate surface area is 95.6 Å². The highest BCUT2D eigenvalue weighted by molar-refractivity contribution is 5.78. The molecular formula is C13H17NO2. The van der Waals surface area contributed by atoms with Gasteiger partial charge in [-0.05, 0) is 26.3 Å². The number of hydrogen-bond acceptors (Lipinski definition) is 3. The molecule has 3 heteroatoms. The van der Waals surface area contributed by atoms with Gasteiger partial charge in [0.2, 0.25) is 0 Å². The fraction of sp³-hybridized carbons (Fsp3) is 0.462. The molecule has 2 unspecified atom stereocenters. The van der Waals surface area contributed by atoms with Crippen molar-refractivity contribution < 1.29 is 9.53 Å². The van der Waals surface area contributed by atoms with E-state index >= 15 is 0 Å². The average Bonchev–Trinajstić information content (AvgIpc) is 2.41. The van der Waals surface area contributed by atoms with Crippen molar-refractivity contribution in [3.63, 3.8) is 0 Å². The summed E-state index contributed by atoms with van der Waals surface area (Å²) in [4.78, 5) is 11.7. The van der Waals surface area contributed by atoms with Gasteiger partial charge in [-0.3, -0.25) is 4.79 Å². The monoisotopic (exact) mass is 219 g/mol. The summed E-state index contributed by atoms with van der Waals surface area (Å²) in [5.74, 6) is -0.554. The molecule has 0 amide bonds. The quantitative estimate of drug-likeness (QED) is 0.733. The van der Waals surface area contributed by atoms with E-state index in [4.69, 9.17) is 10.5 Å². The van der Waals surface area contributed by atoms with Crippen LogP contribution >= 0.6 is 0 Å². The van der Waals surface area contributed by atoms with E-state index < -0.39 is 11.1 Å². The number of hydrogen-bond donors (Lipinski definition) is 1. The molecule has 0 saturated carbocycles. The first-order chi connectivity index (χ1) is 7.39. The molecule has 1 aliphatic heterocycles. The molecule has 0 radical (unpaired) electrons. The molecule has 2 N–H and O–H groups in total. The van der Waals surface area contributed by atoms with Crippen molar-refractivity contribution in [1.82, 2.24) is 0 Å². The molecule has 1 aromatic carbocycles. The van der Waals surface area contributed by atoms with E-state index in [2.05, 4.69) is 0 Å². The van der Waals surface area contributed by atoms with Crippen molar-refractivity contribution in [2.24, 2.45) is 11.7 Å². The standard InChI is InChI=1S/C13H17NO2/c1-9-11(15)16-12(2,3)13(9,14)10-7-5-4-6-8-10/h4-9H,14H2,1-3H3. The second-order valence-corrected chi connectivity index (χ2v) is 4.89. The zero-order valence-corrected chi connectivity index (χ0v) is 9.86. The maximum absolute atomic E-state index is 11.7. The highest BCUT2D eigenvalue weighted by Crippen LogP contribution is 2.45. The van der Waals surface area contributed by atoms with Gasteiger partial charge >= 0.3 is 5.97 Å². The van der Waals surface area contributed by atoms with E-state index in [0.717, 1.165) is 5.56 Å². The number of nitrogens with two attached hydrogens (primary N) is 1. The second-order valence-electron chi connectivity index (χ2n) is 4.89. The van der Waals surface area contributed by atoms with E-state index in [-0.39, 0.29) is 11.9 Å². The van der Waals surface area contributed by atoms with E-state index in [0.29, 0.717) is 0 Å². The van der Waals surface area contributed by atoms with Gasteiger partial charge in [0.1, 0.15) is 5.60 Å². The molecule has 16 heavy (non-hydrogen) atoms. The Balaban J connectivity index is 2.55. The van der Waals surface area contributed by atoms with Gasteiger partial charge in [-0.15, -0.1) is 0 Å². The van der Waals surface area contributed by atoms with Crippen LogP contribution in [0.4, 0.5) is 0 Å². The van der Waals surface area contributed by atoms with E-state index in [1.165, 1.54) is 0 Å². The number of rotatable bonds is 1. The summed E-state index contributed by atoms with van der Waals surface area (Å²) < 4.78 is 5.37. The van der Waals surface area contributed by atoms with Crippen LogP contribution in [0.2, 0.25) is 0 Å². The zero-order chi connectivity index (χ0) is 12.0. The first kappa shape index (κ1) is 11.1. The predicted molar refractivity (Wildman–Crippen MR) is 61.6 cm³/mol. The zero-order valence-electron chi connectivity index (χ0n) is 9.86. The average molecular weight is 219 g/mol. The van der Waals surface area contributed by atoms with Crippen LogP contribution in [0.15, 0.2) is 30.3 Å². The van der Waals surface area contributed by atoms with Crippen LogP contribution < -0.4 is 5.73 Å². The Morgan fingerprint density at radius 2 is 1.81 bits per heavy atom. The van der Waals surface area contributed by atoms with E-state index in [1.54, 1.807) is 0 Å². The largest absolute Gasteiger partial charge is 0.457 e. The van der Waals surface area contributed by atoms with Gasteiger partial charge in [0.15, 0.2) is 0 Å². The molecule has 0 spiro atoms. The molecular weight excluding hydrogens is 202 g/mol. The number of cyclic esters (lactones) is 1. The highest BCUT2D eigenvalue weighted by Gasteiger charge is 2.58. The van der Waals surface area contributed by atoms with Gasteiger partial charge in [-0.25, -0.2) is 0 Å². The lowest BCUT2D eigenvalue weighted by atomic mass is 9.72. The Kier molecular flexibility index (Phi) is 2.31. The van der Waals surface area contributed by atoms with Crippen LogP contribution in [0, 0.1) is 5.92 Å². The molecule has 0 aromatic heterocycles. The third-order valence-electron chi connectivity index (χ3n) is 3.64. The minimum Gasteiger partial charge on any atom is -0.457 e. The van der Waals surface area contributed by atoms with Crippen LogP contribution in [-0.4, -0.2) is 11.6 Å². The van der Waals surface area contributed by atoms with Crippen LogP contribution in [-0.2, 0) is 15.1 Å². The number of benzene rings is 1. The third-order valence-corrected chi connectivity index (χ3v) is 3.64. The van der Waals surface area contributed by atoms with Crippen molar-refractivity contribution in [2.75, 3.05) is 0 Å². The summed E-state index contributed by atoms with van der Waals surface area (Å²) in [6.45, 7) is 5.55. The van der Waals surface area contributed by atoms with Crippen molar-refractivity contribution in [1.29, 1.82) is 0 Å². The Morgan fingerprint density at radius 3 is 2.25 bits per heavy atom. The van der Waals surface area contributed by atoms with Crippen LogP contribution in [0.3, 0.4) is 0 Å². The molecule has 1 aliphatic rings. The first-order valence-corrected chi connectivity index (χ1v) is 5.47. The summed E-state index contributed by atoms with van der Waals surface area (Å²) in [5.41, 5.74) is 5.95. The lowest BCUT2D eigenvalue weighted by Crippen LogP contribution is -2.54. The van der Waals surface area contributed by atoms with E-state index in [9.17, 15) is 4.79 Å². The Bertz CT molecular complexity index is 413. The van der Waals surface area contributed by atoms with Crippen LogP contribution in [0.25, 0.3) is 0 Å². The van der Waals surface area contributed by atoms with Crippen molar-refractivity contribution in [3.8, 4) is 0 Å². The summed E-state index contributed by atoms with van der Waals surface area (Å²) in [6.07, 6.45) is 0. The van der Waals surface area contributed by atoms with Gasteiger partial charge in [0.05, 0.1) is 11.5 Å². The first-order valence-electron chi connectivity index (χ1n) is 5.47. The lowest BCUT2D eigenvalue weighted by Gasteiger charge is -2.37. The molecule has 3 nitrogen and oxygen atoms in total. The minimum absolute atomic E-state index is 0.226. The van der Waals surface area contributed by atoms with Crippen molar-refractivity contribution in [2.45, 2.75) is 31.9 Å². The van der Waals surface area contributed by atoms with Gasteiger partial charge in [-0.1, -0.05) is 30.3 Å². The molecule has 2 atom stereocenters. The smallest absolute Gasteiger partial charge is 0.311 e. The topological polar surface area (TPSA) is 52.3 Å². The minimum atomic E-state index is -0.759. The molecule has 0 bridgehead atoms. The Morgan fingerprint density at radius 1 is 1.25 bits per heavy atom. The molecule has 1 heterocycles. The molecule has 1 aromatic rings. The predicted octanol–water partition coefficient (Wildman–Crippen LogP) is 1.81. The molecule has 0 aliphatic carbocycles. The van der Waals surface area contributed by atoms with Crippen LogP contribution in [0.5, 0.6) is 0 Å². The number of carbonyl (C=O) groups is 1. The second kappa shape index (κ2) is 3.32. The number of ether oxygens (including phenoxy) is 1. The van der Waals surface area contributed by atoms with Crippen molar-refractivity contribution in [3.05, 3.63) is 35.9 Å². The molecule has 1 saturated heterocycles. The summed E-state index contributed by atoms with van der Waals surface area (Å²) in [5, 5.41) is 0. The van der Waals surface area contributed by atoms with Gasteiger partial charge in [0, 0.05) is 0 Å². The molecule has 1 fully saturated rings. The maximum atomic E-state index is 11.7. The molecule has 86 valence electrons. The normalized spacial score (nSPS) is 32.5. The maximum Gasteiger partial charge on any atom is 0.311 e. The highest BCUT2D eigenvalue weighted by atomic mass is 16.6. The summed E-state index contributed by atoms with van der Waals surface area (Å²) in [6, 6.07) is 9.67. The Hall–Kier alpha value is -1.35. The van der Waals surface area contributed by atoms with Gasteiger partial charge in [-0.2, -0.15) is 0 Å². The fourth-order valence-corrected chi connectivity index (χ4v) is 2.44. The van der Waals surface area contributed by atoms with Crippen LogP contribution in [0.1, 0.15) is 26.3 Å². The summed E-state index contributed by atoms with van der Waals surface area (Å²) >= 11 is 0. The van der Waals surface area contributed by atoms with E-state index in [1.807, 2.05) is 51.1 Å². The lowest BCUT2D eigenvalue weighted by molar-refractivity contribution is -0.148. The third kappa shape index (κ3) is 1.28. The summed E-state index contributed by atoms with van der Waals surface area (Å²) in [7, 11) is 0. The van der Waals surface area contributed by atoms with Gasteiger partial charge in [0.25, 0.3) is 0 Å².